The van der Waals surface area contributed by atoms with E-state index in [2.05, 4.69) is 10.6 Å². The Morgan fingerprint density at radius 2 is 1.55 bits per heavy atom. The number of para-hydroxylation sites is 1. The summed E-state index contributed by atoms with van der Waals surface area (Å²) in [6.07, 6.45) is 1.46. The van der Waals surface area contributed by atoms with Gasteiger partial charge in [-0.2, -0.15) is 0 Å². The van der Waals surface area contributed by atoms with E-state index in [1.54, 1.807) is 55.6 Å². The Hall–Kier alpha value is -5.72. The van der Waals surface area contributed by atoms with Crippen LogP contribution in [0.2, 0.25) is 0 Å². The van der Waals surface area contributed by atoms with Crippen LogP contribution in [-0.4, -0.2) is 58.4 Å². The van der Waals surface area contributed by atoms with Gasteiger partial charge >= 0.3 is 12.1 Å². The van der Waals surface area contributed by atoms with E-state index in [-0.39, 0.29) is 43.7 Å². The van der Waals surface area contributed by atoms with Crippen LogP contribution in [0.5, 0.6) is 5.75 Å². The van der Waals surface area contributed by atoms with E-state index in [9.17, 15) is 24.3 Å². The predicted octanol–water partition coefficient (Wildman–Crippen LogP) is 5.56. The molecule has 1 heterocycles. The molecule has 4 aromatic rings. The molecule has 4 aromatic carbocycles. The van der Waals surface area contributed by atoms with Crippen molar-refractivity contribution < 1.29 is 33.8 Å². The van der Waals surface area contributed by atoms with Gasteiger partial charge in [0.2, 0.25) is 17.5 Å². The lowest BCUT2D eigenvalue weighted by Crippen LogP contribution is -2.60. The molecular formula is C41H47N5O7. The number of nitrogens with two attached hydrogens (primary N) is 1. The molecule has 3 atom stereocenters. The van der Waals surface area contributed by atoms with Gasteiger partial charge in [-0.25, -0.2) is 9.59 Å². The molecule has 0 spiro atoms. The Balaban J connectivity index is 1.47. The molecule has 1 aliphatic heterocycles. The van der Waals surface area contributed by atoms with Gasteiger partial charge in [0, 0.05) is 30.1 Å². The van der Waals surface area contributed by atoms with Crippen molar-refractivity contribution in [2.75, 3.05) is 11.6 Å². The van der Waals surface area contributed by atoms with Gasteiger partial charge in [0.25, 0.3) is 0 Å². The van der Waals surface area contributed by atoms with Crippen LogP contribution in [0.3, 0.4) is 0 Å². The second kappa shape index (κ2) is 17.7. The average Bonchev–Trinajstić information content (AvgIpc) is 3.57. The maximum atomic E-state index is 14.3. The van der Waals surface area contributed by atoms with E-state index in [1.165, 1.54) is 4.90 Å². The molecule has 278 valence electrons. The highest BCUT2D eigenvalue weighted by Crippen LogP contribution is 2.34. The molecule has 1 aliphatic rings. The first-order valence-corrected chi connectivity index (χ1v) is 17.7. The molecule has 1 unspecified atom stereocenters. The summed E-state index contributed by atoms with van der Waals surface area (Å²) in [5, 5.41) is 18.8. The molecule has 3 amide bonds. The molecule has 0 fully saturated rings. The summed E-state index contributed by atoms with van der Waals surface area (Å²) in [4.78, 5) is 57.7. The highest BCUT2D eigenvalue weighted by atomic mass is 16.6. The van der Waals surface area contributed by atoms with E-state index >= 15 is 0 Å². The molecule has 5 rings (SSSR count). The third kappa shape index (κ3) is 10.2. The number of hydrogen-bond acceptors (Lipinski definition) is 9. The highest BCUT2D eigenvalue weighted by molar-refractivity contribution is 5.96. The van der Waals surface area contributed by atoms with Gasteiger partial charge in [-0.3, -0.25) is 14.5 Å². The van der Waals surface area contributed by atoms with E-state index in [4.69, 9.17) is 15.2 Å². The minimum absolute atomic E-state index is 0.0644. The first-order chi connectivity index (χ1) is 25.4. The molecule has 0 aromatic heterocycles. The van der Waals surface area contributed by atoms with Crippen LogP contribution in [0.15, 0.2) is 115 Å². The number of rotatable bonds is 15. The number of ether oxygens (including phenoxy) is 2. The molecule has 12 nitrogen and oxygen atoms in total. The van der Waals surface area contributed by atoms with Crippen LogP contribution < -0.4 is 26.0 Å². The number of esters is 1. The number of aliphatic hydroxyl groups is 1. The third-order valence-electron chi connectivity index (χ3n) is 8.85. The standard InChI is InChI=1S/C41H47N5O7/c1-28(2)14-13-23-41(51,39(49)53-33-19-8-5-9-20-33)44-37(47)35(43-40(50)52-26-30-15-6-4-7-16-30)24-32-25-45(38(48)29(3)42)27-46(32)36-22-12-18-31-17-10-11-21-34(31)36/h4-12,15-22,25,28-29,35,51H,13-14,23-24,26-27,42H2,1-3H3,(H,43,50)(H,44,47)/t29-,35-,41?/m0/s1. The van der Waals surface area contributed by atoms with Crippen LogP contribution in [0.25, 0.3) is 10.8 Å². The Bertz CT molecular complexity index is 1910. The van der Waals surface area contributed by atoms with E-state index in [0.29, 0.717) is 18.5 Å². The minimum atomic E-state index is -2.44. The second-order valence-corrected chi connectivity index (χ2v) is 13.6. The van der Waals surface area contributed by atoms with Gasteiger partial charge in [-0.05, 0) is 48.4 Å². The number of carbonyl (C=O) groups excluding carboxylic acids is 4. The highest BCUT2D eigenvalue weighted by Gasteiger charge is 2.42. The second-order valence-electron chi connectivity index (χ2n) is 13.6. The summed E-state index contributed by atoms with van der Waals surface area (Å²) in [6, 6.07) is 28.6. The molecule has 0 saturated heterocycles. The maximum Gasteiger partial charge on any atom is 0.408 e. The summed E-state index contributed by atoms with van der Waals surface area (Å²) in [7, 11) is 0. The lowest BCUT2D eigenvalue weighted by molar-refractivity contribution is -0.164. The van der Waals surface area contributed by atoms with Gasteiger partial charge in [0.1, 0.15) is 25.1 Å². The number of nitrogens with one attached hydrogen (secondary N) is 2. The number of alkyl carbamates (subject to hydrolysis) is 1. The van der Waals surface area contributed by atoms with Crippen molar-refractivity contribution >= 4 is 40.3 Å². The lowest BCUT2D eigenvalue weighted by Gasteiger charge is -2.31. The minimum Gasteiger partial charge on any atom is -0.445 e. The number of hydrogen-bond donors (Lipinski definition) is 4. The topological polar surface area (TPSA) is 164 Å². The van der Waals surface area contributed by atoms with E-state index in [1.807, 2.05) is 79.4 Å². The fraction of sp³-hybridized carbons (Fsp3) is 0.317. The van der Waals surface area contributed by atoms with Crippen molar-refractivity contribution in [1.29, 1.82) is 0 Å². The van der Waals surface area contributed by atoms with Crippen LogP contribution in [0.4, 0.5) is 10.5 Å². The van der Waals surface area contributed by atoms with Crippen LogP contribution >= 0.6 is 0 Å². The van der Waals surface area contributed by atoms with Crippen molar-refractivity contribution in [2.45, 2.75) is 70.9 Å². The Morgan fingerprint density at radius 3 is 2.25 bits per heavy atom. The first-order valence-electron chi connectivity index (χ1n) is 17.7. The average molecular weight is 722 g/mol. The fourth-order valence-corrected chi connectivity index (χ4v) is 6.04. The third-order valence-corrected chi connectivity index (χ3v) is 8.85. The van der Waals surface area contributed by atoms with Gasteiger partial charge in [-0.15, -0.1) is 0 Å². The number of amides is 3. The molecule has 0 saturated carbocycles. The van der Waals surface area contributed by atoms with E-state index in [0.717, 1.165) is 22.0 Å². The number of anilines is 1. The van der Waals surface area contributed by atoms with Crippen LogP contribution in [0.1, 0.15) is 52.0 Å². The smallest absolute Gasteiger partial charge is 0.408 e. The van der Waals surface area contributed by atoms with Crippen molar-refractivity contribution in [3.8, 4) is 5.75 Å². The number of carbonyl (C=O) groups is 4. The Labute approximate surface area is 309 Å². The summed E-state index contributed by atoms with van der Waals surface area (Å²) >= 11 is 0. The van der Waals surface area contributed by atoms with Gasteiger partial charge in [0.15, 0.2) is 0 Å². The summed E-state index contributed by atoms with van der Waals surface area (Å²) in [5.74, 6) is -1.82. The number of fused-ring (bicyclic) bond motifs is 1. The first kappa shape index (κ1) is 38.5. The fourth-order valence-electron chi connectivity index (χ4n) is 6.04. The van der Waals surface area contributed by atoms with Crippen LogP contribution in [0, 0.1) is 5.92 Å². The van der Waals surface area contributed by atoms with Crippen molar-refractivity contribution in [3.63, 3.8) is 0 Å². The SMILES string of the molecule is CC(C)CCCC(O)(NC(=O)[C@H](CC1=CN(C(=O)[C@H](C)N)CN1c1cccc2ccccc12)NC(=O)OCc1ccccc1)C(=O)Oc1ccccc1. The van der Waals surface area contributed by atoms with Crippen molar-refractivity contribution in [2.24, 2.45) is 11.7 Å². The van der Waals surface area contributed by atoms with E-state index < -0.39 is 35.8 Å². The summed E-state index contributed by atoms with van der Waals surface area (Å²) in [6.45, 7) is 5.64. The summed E-state index contributed by atoms with van der Waals surface area (Å²) in [5.41, 5.74) is 5.55. The molecule has 0 radical (unpaired) electrons. The van der Waals surface area contributed by atoms with Gasteiger partial charge in [0.05, 0.1) is 11.7 Å². The Morgan fingerprint density at radius 1 is 0.887 bits per heavy atom. The molecule has 0 aliphatic carbocycles. The zero-order valence-electron chi connectivity index (χ0n) is 30.2. The van der Waals surface area contributed by atoms with Crippen molar-refractivity contribution in [3.05, 3.63) is 121 Å². The largest absolute Gasteiger partial charge is 0.445 e. The lowest BCUT2D eigenvalue weighted by atomic mass is 9.99. The molecule has 0 bridgehead atoms. The normalized spacial score (nSPS) is 14.9. The quantitative estimate of drug-likeness (QED) is 0.0700. The zero-order valence-corrected chi connectivity index (χ0v) is 30.2. The Kier molecular flexibility index (Phi) is 12.8. The van der Waals surface area contributed by atoms with Gasteiger partial charge < -0.3 is 35.8 Å². The maximum absolute atomic E-state index is 14.3. The molecule has 53 heavy (non-hydrogen) atoms. The molecule has 12 heteroatoms. The zero-order chi connectivity index (χ0) is 38.0. The predicted molar refractivity (Wildman–Crippen MR) is 202 cm³/mol. The van der Waals surface area contributed by atoms with Gasteiger partial charge in [-0.1, -0.05) is 105 Å². The molecule has 5 N–H and O–H groups in total. The number of benzene rings is 4. The molecular weight excluding hydrogens is 674 g/mol. The monoisotopic (exact) mass is 721 g/mol. The summed E-state index contributed by atoms with van der Waals surface area (Å²) < 4.78 is 11.0. The number of nitrogens with zero attached hydrogens (tertiary/aromatic N) is 2. The van der Waals surface area contributed by atoms with Crippen LogP contribution in [-0.2, 0) is 25.7 Å². The van der Waals surface area contributed by atoms with Crippen molar-refractivity contribution in [1.82, 2.24) is 15.5 Å².